The zero-order valence-electron chi connectivity index (χ0n) is 23.9. The predicted molar refractivity (Wildman–Crippen MR) is 184 cm³/mol. The Hall–Kier alpha value is -5.93. The number of rotatable bonds is 4. The quantitative estimate of drug-likeness (QED) is 0.210. The Morgan fingerprint density at radius 3 is 1.66 bits per heavy atom. The minimum atomic E-state index is 0.980. The number of pyridine rings is 1. The smallest absolute Gasteiger partial charge is 0.0702 e. The second kappa shape index (κ2) is 9.82. The van der Waals surface area contributed by atoms with E-state index in [-0.39, 0.29) is 0 Å². The van der Waals surface area contributed by atoms with Gasteiger partial charge in [0.15, 0.2) is 0 Å². The van der Waals surface area contributed by atoms with E-state index in [1.165, 1.54) is 54.7 Å². The minimum Gasteiger partial charge on any atom is -0.309 e. The second-order valence-electron chi connectivity index (χ2n) is 11.3. The minimum absolute atomic E-state index is 0.980. The third kappa shape index (κ3) is 3.80. The molecule has 0 fully saturated rings. The van der Waals surface area contributed by atoms with Crippen molar-refractivity contribution in [2.24, 2.45) is 0 Å². The standard InChI is InChI=1S/C41H27N3/c1-3-14-31(15-4-1)43-38-20-8-7-18-33(38)35-26-36-34-25-29(28-12-11-13-30(24-28)37-19-9-10-23-42-37)21-22-39(34)44(41(36)27-40(35)43)32-16-5-2-6-17-32/h1-27H. The van der Waals surface area contributed by atoms with Crippen LogP contribution in [0.3, 0.4) is 0 Å². The van der Waals surface area contributed by atoms with Crippen LogP contribution in [0.4, 0.5) is 0 Å². The van der Waals surface area contributed by atoms with Crippen LogP contribution in [0.15, 0.2) is 164 Å². The summed E-state index contributed by atoms with van der Waals surface area (Å²) in [4.78, 5) is 4.58. The molecule has 0 aliphatic rings. The second-order valence-corrected chi connectivity index (χ2v) is 11.3. The molecule has 3 nitrogen and oxygen atoms in total. The first kappa shape index (κ1) is 24.6. The number of hydrogen-bond acceptors (Lipinski definition) is 1. The Bertz CT molecular complexity index is 2470. The molecule has 0 spiro atoms. The van der Waals surface area contributed by atoms with E-state index in [4.69, 9.17) is 0 Å². The van der Waals surface area contributed by atoms with Crippen LogP contribution < -0.4 is 0 Å². The van der Waals surface area contributed by atoms with Crippen LogP contribution in [0.5, 0.6) is 0 Å². The predicted octanol–water partition coefficient (Wildman–Crippen LogP) is 10.6. The molecular weight excluding hydrogens is 534 g/mol. The van der Waals surface area contributed by atoms with Crippen molar-refractivity contribution in [3.05, 3.63) is 164 Å². The highest BCUT2D eigenvalue weighted by Crippen LogP contribution is 2.40. The van der Waals surface area contributed by atoms with E-state index in [0.29, 0.717) is 0 Å². The Labute approximate surface area is 254 Å². The molecule has 0 amide bonds. The molecule has 0 saturated carbocycles. The zero-order chi connectivity index (χ0) is 29.0. The summed E-state index contributed by atoms with van der Waals surface area (Å²) in [6.45, 7) is 0. The first-order chi connectivity index (χ1) is 21.8. The lowest BCUT2D eigenvalue weighted by Crippen LogP contribution is -1.95. The first-order valence-electron chi connectivity index (χ1n) is 15.0. The Balaban J connectivity index is 1.36. The van der Waals surface area contributed by atoms with Crippen molar-refractivity contribution in [2.45, 2.75) is 0 Å². The molecular formula is C41H27N3. The van der Waals surface area contributed by atoms with Gasteiger partial charge in [-0.05, 0) is 83.9 Å². The summed E-state index contributed by atoms with van der Waals surface area (Å²) in [7, 11) is 0. The van der Waals surface area contributed by atoms with Gasteiger partial charge in [0.05, 0.1) is 27.8 Å². The van der Waals surface area contributed by atoms with Crippen LogP contribution in [0.1, 0.15) is 0 Å². The Morgan fingerprint density at radius 2 is 0.932 bits per heavy atom. The average Bonchev–Trinajstić information content (AvgIpc) is 3.60. The van der Waals surface area contributed by atoms with Crippen molar-refractivity contribution in [1.82, 2.24) is 14.1 Å². The molecule has 0 saturated heterocycles. The van der Waals surface area contributed by atoms with Crippen LogP contribution in [0.2, 0.25) is 0 Å². The fourth-order valence-electron chi connectivity index (χ4n) is 6.76. The summed E-state index contributed by atoms with van der Waals surface area (Å²) in [5, 5.41) is 5.00. The van der Waals surface area contributed by atoms with Gasteiger partial charge in [-0.1, -0.05) is 84.9 Å². The lowest BCUT2D eigenvalue weighted by atomic mass is 9.99. The first-order valence-corrected chi connectivity index (χ1v) is 15.0. The maximum Gasteiger partial charge on any atom is 0.0702 e. The van der Waals surface area contributed by atoms with Crippen molar-refractivity contribution >= 4 is 43.6 Å². The van der Waals surface area contributed by atoms with Gasteiger partial charge < -0.3 is 9.13 Å². The van der Waals surface area contributed by atoms with E-state index in [9.17, 15) is 0 Å². The van der Waals surface area contributed by atoms with Gasteiger partial charge in [-0.3, -0.25) is 4.98 Å². The molecule has 9 rings (SSSR count). The number of para-hydroxylation sites is 3. The molecule has 0 unspecified atom stereocenters. The third-order valence-corrected chi connectivity index (χ3v) is 8.74. The highest BCUT2D eigenvalue weighted by atomic mass is 15.0. The van der Waals surface area contributed by atoms with E-state index in [2.05, 4.69) is 160 Å². The SMILES string of the molecule is c1ccc(-n2c3ccccc3c3cc4c5cc(-c6cccc(-c7ccccn7)c6)ccc5n(-c5ccccc5)c4cc32)cc1. The summed E-state index contributed by atoms with van der Waals surface area (Å²) in [5.74, 6) is 0. The van der Waals surface area contributed by atoms with E-state index in [0.717, 1.165) is 22.6 Å². The fraction of sp³-hybridized carbons (Fsp3) is 0. The molecule has 3 heteroatoms. The van der Waals surface area contributed by atoms with Gasteiger partial charge in [-0.2, -0.15) is 0 Å². The molecule has 3 aromatic heterocycles. The molecule has 44 heavy (non-hydrogen) atoms. The van der Waals surface area contributed by atoms with Crippen molar-refractivity contribution in [1.29, 1.82) is 0 Å². The van der Waals surface area contributed by atoms with Gasteiger partial charge >= 0.3 is 0 Å². The summed E-state index contributed by atoms with van der Waals surface area (Å²) in [6.07, 6.45) is 1.85. The maximum absolute atomic E-state index is 4.58. The molecule has 0 aliphatic heterocycles. The molecule has 0 radical (unpaired) electrons. The zero-order valence-corrected chi connectivity index (χ0v) is 23.9. The number of fused-ring (bicyclic) bond motifs is 6. The van der Waals surface area contributed by atoms with Crippen molar-refractivity contribution in [2.75, 3.05) is 0 Å². The summed E-state index contributed by atoms with van der Waals surface area (Å²) in [5.41, 5.74) is 11.6. The van der Waals surface area contributed by atoms with Crippen LogP contribution in [-0.4, -0.2) is 14.1 Å². The molecule has 0 aliphatic carbocycles. The highest BCUT2D eigenvalue weighted by molar-refractivity contribution is 6.19. The summed E-state index contributed by atoms with van der Waals surface area (Å²) < 4.78 is 4.80. The summed E-state index contributed by atoms with van der Waals surface area (Å²) >= 11 is 0. The molecule has 0 atom stereocenters. The van der Waals surface area contributed by atoms with Crippen molar-refractivity contribution in [3.8, 4) is 33.8 Å². The molecule has 206 valence electrons. The molecule has 6 aromatic carbocycles. The monoisotopic (exact) mass is 561 g/mol. The number of benzene rings is 6. The molecule has 3 heterocycles. The van der Waals surface area contributed by atoms with Gasteiger partial charge in [-0.15, -0.1) is 0 Å². The van der Waals surface area contributed by atoms with E-state index < -0.39 is 0 Å². The maximum atomic E-state index is 4.58. The third-order valence-electron chi connectivity index (χ3n) is 8.74. The van der Waals surface area contributed by atoms with E-state index in [1.807, 2.05) is 18.3 Å². The lowest BCUT2D eigenvalue weighted by Gasteiger charge is -2.10. The normalized spacial score (nSPS) is 11.6. The van der Waals surface area contributed by atoms with E-state index >= 15 is 0 Å². The Morgan fingerprint density at radius 1 is 0.341 bits per heavy atom. The molecule has 0 bridgehead atoms. The van der Waals surface area contributed by atoms with Crippen molar-refractivity contribution in [3.63, 3.8) is 0 Å². The van der Waals surface area contributed by atoms with Crippen LogP contribution in [0.25, 0.3) is 77.4 Å². The van der Waals surface area contributed by atoms with Crippen LogP contribution in [-0.2, 0) is 0 Å². The number of aromatic nitrogens is 3. The fourth-order valence-corrected chi connectivity index (χ4v) is 6.76. The lowest BCUT2D eigenvalue weighted by molar-refractivity contribution is 1.16. The number of nitrogens with zero attached hydrogens (tertiary/aromatic N) is 3. The van der Waals surface area contributed by atoms with Gasteiger partial charge in [0.25, 0.3) is 0 Å². The molecule has 0 N–H and O–H groups in total. The molecule has 9 aromatic rings. The van der Waals surface area contributed by atoms with Gasteiger partial charge in [0.1, 0.15) is 0 Å². The van der Waals surface area contributed by atoms with Crippen LogP contribution in [0, 0.1) is 0 Å². The van der Waals surface area contributed by atoms with Gasteiger partial charge in [0, 0.05) is 44.7 Å². The van der Waals surface area contributed by atoms with Crippen LogP contribution >= 0.6 is 0 Å². The largest absolute Gasteiger partial charge is 0.309 e. The Kier molecular flexibility index (Phi) is 5.50. The van der Waals surface area contributed by atoms with Gasteiger partial charge in [0.2, 0.25) is 0 Å². The van der Waals surface area contributed by atoms with Crippen molar-refractivity contribution < 1.29 is 0 Å². The van der Waals surface area contributed by atoms with E-state index in [1.54, 1.807) is 0 Å². The average molecular weight is 562 g/mol. The van der Waals surface area contributed by atoms with Gasteiger partial charge in [-0.25, -0.2) is 0 Å². The topological polar surface area (TPSA) is 22.8 Å². The summed E-state index contributed by atoms with van der Waals surface area (Å²) in [6, 6.07) is 56.5. The number of hydrogen-bond donors (Lipinski definition) is 0. The highest BCUT2D eigenvalue weighted by Gasteiger charge is 2.19.